The summed E-state index contributed by atoms with van der Waals surface area (Å²) in [6, 6.07) is 24.0. The number of phenolic OH excluding ortho intramolecular Hbond substituents is 1. The first-order valence-corrected chi connectivity index (χ1v) is 11.8. The summed E-state index contributed by atoms with van der Waals surface area (Å²) < 4.78 is 5.41. The van der Waals surface area contributed by atoms with Gasteiger partial charge in [-0.1, -0.05) is 41.9 Å². The number of aromatic hydroxyl groups is 1. The van der Waals surface area contributed by atoms with E-state index in [9.17, 15) is 9.90 Å². The average Bonchev–Trinajstić information content (AvgIpc) is 3.35. The second kappa shape index (κ2) is 8.85. The van der Waals surface area contributed by atoms with Crippen molar-refractivity contribution in [2.24, 2.45) is 12.0 Å². The Balaban J connectivity index is 1.76. The quantitative estimate of drug-likeness (QED) is 0.358. The number of benzene rings is 3. The van der Waals surface area contributed by atoms with Crippen LogP contribution in [0.15, 0.2) is 94.0 Å². The van der Waals surface area contributed by atoms with E-state index in [1.807, 2.05) is 95.3 Å². The van der Waals surface area contributed by atoms with E-state index in [-0.39, 0.29) is 11.3 Å². The fourth-order valence-electron chi connectivity index (χ4n) is 3.84. The van der Waals surface area contributed by atoms with Crippen molar-refractivity contribution in [1.29, 1.82) is 0 Å². The summed E-state index contributed by atoms with van der Waals surface area (Å²) >= 11 is 7.54. The zero-order chi connectivity index (χ0) is 23.8. The van der Waals surface area contributed by atoms with Crippen molar-refractivity contribution in [3.63, 3.8) is 0 Å². The first-order chi connectivity index (χ1) is 16.4. The maximum Gasteiger partial charge on any atom is 0.297 e. The number of nitrogens with zero attached hydrogens (tertiary/aromatic N) is 4. The van der Waals surface area contributed by atoms with Crippen molar-refractivity contribution in [1.82, 2.24) is 13.9 Å². The van der Waals surface area contributed by atoms with Crippen LogP contribution in [0.5, 0.6) is 5.75 Å². The summed E-state index contributed by atoms with van der Waals surface area (Å²) in [7, 11) is 1.85. The Labute approximate surface area is 204 Å². The fourth-order valence-corrected chi connectivity index (χ4v) is 4.88. The molecule has 1 N–H and O–H groups in total. The molecule has 34 heavy (non-hydrogen) atoms. The van der Waals surface area contributed by atoms with E-state index in [1.165, 1.54) is 11.3 Å². The molecule has 0 aliphatic heterocycles. The van der Waals surface area contributed by atoms with Crippen molar-refractivity contribution < 1.29 is 5.11 Å². The van der Waals surface area contributed by atoms with Crippen LogP contribution >= 0.6 is 22.9 Å². The first-order valence-electron chi connectivity index (χ1n) is 10.6. The normalized spacial score (nSPS) is 11.8. The molecule has 0 spiro atoms. The summed E-state index contributed by atoms with van der Waals surface area (Å²) in [5.41, 5.74) is 4.41. The number of hydrogen-bond acceptors (Lipinski definition) is 4. The lowest BCUT2D eigenvalue weighted by Gasteiger charge is -2.09. The van der Waals surface area contributed by atoms with Crippen LogP contribution in [0.2, 0.25) is 5.02 Å². The van der Waals surface area contributed by atoms with Crippen LogP contribution in [-0.2, 0) is 7.05 Å². The Hall–Kier alpha value is -3.81. The predicted octanol–water partition coefficient (Wildman–Crippen LogP) is 5.60. The van der Waals surface area contributed by atoms with Crippen molar-refractivity contribution in [2.45, 2.75) is 6.92 Å². The van der Waals surface area contributed by atoms with E-state index in [4.69, 9.17) is 16.6 Å². The maximum atomic E-state index is 13.4. The topological polar surface area (TPSA) is 64.4 Å². The summed E-state index contributed by atoms with van der Waals surface area (Å²) in [6.07, 6.45) is 0. The highest BCUT2D eigenvalue weighted by atomic mass is 35.5. The minimum Gasteiger partial charge on any atom is -0.508 e. The fraction of sp³-hybridized carbons (Fsp3) is 0.0769. The highest BCUT2D eigenvalue weighted by molar-refractivity contribution is 7.07. The van der Waals surface area contributed by atoms with Gasteiger partial charge in [-0.05, 0) is 61.0 Å². The summed E-state index contributed by atoms with van der Waals surface area (Å²) in [5, 5.41) is 12.5. The molecule has 0 fully saturated rings. The molecule has 5 rings (SSSR count). The second-order valence-electron chi connectivity index (χ2n) is 7.78. The van der Waals surface area contributed by atoms with E-state index in [0.717, 1.165) is 28.3 Å². The molecule has 0 bridgehead atoms. The number of aromatic nitrogens is 3. The molecular formula is C26H21ClN4O2S. The van der Waals surface area contributed by atoms with Crippen LogP contribution in [0.1, 0.15) is 5.69 Å². The molecule has 5 aromatic rings. The summed E-state index contributed by atoms with van der Waals surface area (Å²) in [6.45, 7) is 1.89. The van der Waals surface area contributed by atoms with Gasteiger partial charge in [0.25, 0.3) is 5.56 Å². The van der Waals surface area contributed by atoms with E-state index >= 15 is 0 Å². The third-order valence-corrected chi connectivity index (χ3v) is 6.77. The van der Waals surface area contributed by atoms with Gasteiger partial charge < -0.3 is 5.11 Å². The van der Waals surface area contributed by atoms with E-state index in [0.29, 0.717) is 15.5 Å². The molecular weight excluding hydrogens is 468 g/mol. The van der Waals surface area contributed by atoms with E-state index < -0.39 is 0 Å². The Kier molecular flexibility index (Phi) is 5.73. The average molecular weight is 489 g/mol. The molecule has 2 aromatic heterocycles. The van der Waals surface area contributed by atoms with Gasteiger partial charge in [-0.3, -0.25) is 14.0 Å². The number of thiazole rings is 1. The van der Waals surface area contributed by atoms with Crippen molar-refractivity contribution in [3.05, 3.63) is 110 Å². The van der Waals surface area contributed by atoms with Crippen LogP contribution < -0.4 is 10.4 Å². The molecule has 0 saturated carbocycles. The van der Waals surface area contributed by atoms with E-state index in [1.54, 1.807) is 16.8 Å². The zero-order valence-electron chi connectivity index (χ0n) is 18.5. The minimum atomic E-state index is -0.190. The largest absolute Gasteiger partial charge is 0.508 e. The van der Waals surface area contributed by atoms with Gasteiger partial charge in [0.2, 0.25) is 0 Å². The van der Waals surface area contributed by atoms with Gasteiger partial charge >= 0.3 is 0 Å². The van der Waals surface area contributed by atoms with Gasteiger partial charge in [-0.2, -0.15) is 0 Å². The van der Waals surface area contributed by atoms with Crippen LogP contribution in [0, 0.1) is 6.92 Å². The third kappa shape index (κ3) is 3.89. The number of halogens is 1. The highest BCUT2D eigenvalue weighted by Crippen LogP contribution is 2.26. The third-order valence-electron chi connectivity index (χ3n) is 5.69. The highest BCUT2D eigenvalue weighted by Gasteiger charge is 2.17. The molecule has 0 saturated heterocycles. The number of rotatable bonds is 4. The molecule has 8 heteroatoms. The van der Waals surface area contributed by atoms with Crippen LogP contribution in [0.3, 0.4) is 0 Å². The lowest BCUT2D eigenvalue weighted by Crippen LogP contribution is -2.20. The number of para-hydroxylation sites is 1. The predicted molar refractivity (Wildman–Crippen MR) is 137 cm³/mol. The minimum absolute atomic E-state index is 0.177. The zero-order valence-corrected chi connectivity index (χ0v) is 20.1. The van der Waals surface area contributed by atoms with Crippen molar-refractivity contribution in [2.75, 3.05) is 0 Å². The van der Waals surface area contributed by atoms with Gasteiger partial charge in [0.1, 0.15) is 5.75 Å². The first kappa shape index (κ1) is 22.0. The summed E-state index contributed by atoms with van der Waals surface area (Å²) in [4.78, 5) is 18.9. The van der Waals surface area contributed by atoms with Gasteiger partial charge in [0.15, 0.2) is 10.5 Å². The molecule has 0 radical (unpaired) electrons. The monoisotopic (exact) mass is 488 g/mol. The number of hydrogen-bond donors (Lipinski definition) is 1. The standard InChI is InChI=1S/C26H21ClN4O2S/c1-17-24(25(33)31(29(17)2)21-6-4-3-5-7-21)28-26-30(20-12-14-22(32)15-13-20)23(16-34-26)18-8-10-19(27)11-9-18/h3-16,32H,1-2H3. The van der Waals surface area contributed by atoms with Gasteiger partial charge in [-0.15, -0.1) is 11.3 Å². The molecule has 170 valence electrons. The van der Waals surface area contributed by atoms with Crippen LogP contribution in [0.25, 0.3) is 22.6 Å². The summed E-state index contributed by atoms with van der Waals surface area (Å²) in [5.74, 6) is 0.177. The smallest absolute Gasteiger partial charge is 0.297 e. The SMILES string of the molecule is Cc1c(N=c2scc(-c3ccc(Cl)cc3)n2-c2ccc(O)cc2)c(=O)n(-c2ccccc2)n1C. The van der Waals surface area contributed by atoms with Gasteiger partial charge in [0.05, 0.1) is 17.1 Å². The van der Waals surface area contributed by atoms with Crippen LogP contribution in [0.4, 0.5) is 5.69 Å². The van der Waals surface area contributed by atoms with Crippen molar-refractivity contribution >= 4 is 28.6 Å². The van der Waals surface area contributed by atoms with Gasteiger partial charge in [-0.25, -0.2) is 9.67 Å². The van der Waals surface area contributed by atoms with E-state index in [2.05, 4.69) is 0 Å². The maximum absolute atomic E-state index is 13.4. The Morgan fingerprint density at radius 1 is 0.912 bits per heavy atom. The van der Waals surface area contributed by atoms with Crippen molar-refractivity contribution in [3.8, 4) is 28.4 Å². The molecule has 6 nitrogen and oxygen atoms in total. The lowest BCUT2D eigenvalue weighted by molar-refractivity contribution is 0.475. The van der Waals surface area contributed by atoms with Crippen LogP contribution in [-0.4, -0.2) is 19.0 Å². The Morgan fingerprint density at radius 3 is 2.26 bits per heavy atom. The van der Waals surface area contributed by atoms with Gasteiger partial charge in [0, 0.05) is 23.1 Å². The Morgan fingerprint density at radius 2 is 1.59 bits per heavy atom. The molecule has 0 unspecified atom stereocenters. The molecule has 0 aliphatic carbocycles. The molecule has 0 aliphatic rings. The Bertz CT molecular complexity index is 1590. The molecule has 2 heterocycles. The molecule has 0 amide bonds. The molecule has 0 atom stereocenters. The number of phenols is 1. The second-order valence-corrected chi connectivity index (χ2v) is 9.06. The lowest BCUT2D eigenvalue weighted by atomic mass is 10.1. The molecule has 3 aromatic carbocycles.